The van der Waals surface area contributed by atoms with E-state index in [4.69, 9.17) is 0 Å². The summed E-state index contributed by atoms with van der Waals surface area (Å²) >= 11 is 0. The maximum Gasteiger partial charge on any atom is 0.0543 e. The van der Waals surface area contributed by atoms with Crippen molar-refractivity contribution in [1.82, 2.24) is 15.2 Å². The molecule has 1 heterocycles. The molecule has 1 rings (SSSR count). The number of nitrogens with zero attached hydrogens (tertiary/aromatic N) is 2. The SMILES string of the molecule is CCCC(CN(CC)Cc1ccccn1)NCC. The van der Waals surface area contributed by atoms with Gasteiger partial charge in [-0.3, -0.25) is 9.88 Å². The molecule has 1 unspecified atom stereocenters. The molecule has 0 fully saturated rings. The normalized spacial score (nSPS) is 12.9. The lowest BCUT2D eigenvalue weighted by Gasteiger charge is -2.26. The van der Waals surface area contributed by atoms with E-state index in [1.54, 1.807) is 0 Å². The summed E-state index contributed by atoms with van der Waals surface area (Å²) in [6.45, 7) is 10.8. The highest BCUT2D eigenvalue weighted by molar-refractivity contribution is 5.03. The fourth-order valence-electron chi connectivity index (χ4n) is 2.23. The number of likely N-dealkylation sites (N-methyl/N-ethyl adjacent to an activating group) is 2. The molecular formula is C15H27N3. The van der Waals surface area contributed by atoms with Gasteiger partial charge in [-0.1, -0.05) is 33.3 Å². The van der Waals surface area contributed by atoms with Gasteiger partial charge in [0.15, 0.2) is 0 Å². The molecule has 0 amide bonds. The summed E-state index contributed by atoms with van der Waals surface area (Å²) in [7, 11) is 0. The topological polar surface area (TPSA) is 28.2 Å². The van der Waals surface area contributed by atoms with E-state index < -0.39 is 0 Å². The Labute approximate surface area is 112 Å². The van der Waals surface area contributed by atoms with Crippen LogP contribution in [-0.4, -0.2) is 35.6 Å². The zero-order valence-electron chi connectivity index (χ0n) is 12.0. The standard InChI is InChI=1S/C15H27N3/c1-4-9-14(16-5-2)12-18(6-3)13-15-10-7-8-11-17-15/h7-8,10-11,14,16H,4-6,9,12-13H2,1-3H3. The average molecular weight is 249 g/mol. The number of rotatable bonds is 9. The zero-order chi connectivity index (χ0) is 13.2. The van der Waals surface area contributed by atoms with E-state index in [1.165, 1.54) is 12.8 Å². The van der Waals surface area contributed by atoms with E-state index in [9.17, 15) is 0 Å². The first-order chi connectivity index (χ1) is 8.80. The lowest BCUT2D eigenvalue weighted by Crippen LogP contribution is -2.40. The highest BCUT2D eigenvalue weighted by Gasteiger charge is 2.12. The second-order valence-electron chi connectivity index (χ2n) is 4.69. The Morgan fingerprint density at radius 3 is 2.67 bits per heavy atom. The monoisotopic (exact) mass is 249 g/mol. The van der Waals surface area contributed by atoms with E-state index in [2.05, 4.69) is 48.1 Å². The Hall–Kier alpha value is -0.930. The molecule has 0 aromatic carbocycles. The van der Waals surface area contributed by atoms with Crippen LogP contribution in [0.3, 0.4) is 0 Å². The smallest absolute Gasteiger partial charge is 0.0543 e. The summed E-state index contributed by atoms with van der Waals surface area (Å²) < 4.78 is 0. The van der Waals surface area contributed by atoms with Crippen LogP contribution in [0.2, 0.25) is 0 Å². The van der Waals surface area contributed by atoms with Crippen molar-refractivity contribution in [2.24, 2.45) is 0 Å². The maximum atomic E-state index is 4.40. The minimum absolute atomic E-state index is 0.601. The molecule has 1 N–H and O–H groups in total. The summed E-state index contributed by atoms with van der Waals surface area (Å²) in [6, 6.07) is 6.73. The number of pyridine rings is 1. The second-order valence-corrected chi connectivity index (χ2v) is 4.69. The molecule has 0 aliphatic carbocycles. The predicted molar refractivity (Wildman–Crippen MR) is 77.6 cm³/mol. The van der Waals surface area contributed by atoms with Crippen molar-refractivity contribution in [1.29, 1.82) is 0 Å². The van der Waals surface area contributed by atoms with Gasteiger partial charge < -0.3 is 5.32 Å². The Kier molecular flexibility index (Phi) is 7.62. The lowest BCUT2D eigenvalue weighted by molar-refractivity contribution is 0.237. The third-order valence-corrected chi connectivity index (χ3v) is 3.17. The molecule has 0 bridgehead atoms. The van der Waals surface area contributed by atoms with Crippen LogP contribution >= 0.6 is 0 Å². The molecule has 18 heavy (non-hydrogen) atoms. The predicted octanol–water partition coefficient (Wildman–Crippen LogP) is 2.68. The first-order valence-electron chi connectivity index (χ1n) is 7.15. The third kappa shape index (κ3) is 5.61. The van der Waals surface area contributed by atoms with Crippen molar-refractivity contribution in [2.45, 2.75) is 46.2 Å². The summed E-state index contributed by atoms with van der Waals surface area (Å²) in [5.74, 6) is 0. The maximum absolute atomic E-state index is 4.40. The van der Waals surface area contributed by atoms with Gasteiger partial charge >= 0.3 is 0 Å². The number of aromatic nitrogens is 1. The molecule has 0 aliphatic rings. The van der Waals surface area contributed by atoms with Crippen LogP contribution < -0.4 is 5.32 Å². The molecule has 102 valence electrons. The number of hydrogen-bond donors (Lipinski definition) is 1. The first kappa shape index (κ1) is 15.1. The Bertz CT molecular complexity index is 294. The molecular weight excluding hydrogens is 222 g/mol. The van der Waals surface area contributed by atoms with Crippen molar-refractivity contribution in [2.75, 3.05) is 19.6 Å². The molecule has 0 radical (unpaired) electrons. The van der Waals surface area contributed by atoms with Crippen LogP contribution in [-0.2, 0) is 6.54 Å². The average Bonchev–Trinajstić information content (AvgIpc) is 2.39. The van der Waals surface area contributed by atoms with E-state index in [-0.39, 0.29) is 0 Å². The quantitative estimate of drug-likeness (QED) is 0.729. The summed E-state index contributed by atoms with van der Waals surface area (Å²) in [5, 5.41) is 3.57. The van der Waals surface area contributed by atoms with Gasteiger partial charge in [-0.2, -0.15) is 0 Å². The molecule has 3 nitrogen and oxygen atoms in total. The summed E-state index contributed by atoms with van der Waals surface area (Å²) in [6.07, 6.45) is 4.35. The number of nitrogens with one attached hydrogen (secondary N) is 1. The fourth-order valence-corrected chi connectivity index (χ4v) is 2.23. The highest BCUT2D eigenvalue weighted by atomic mass is 15.1. The Balaban J connectivity index is 2.49. The number of hydrogen-bond acceptors (Lipinski definition) is 3. The Morgan fingerprint density at radius 1 is 1.28 bits per heavy atom. The van der Waals surface area contributed by atoms with Gasteiger partial charge in [-0.25, -0.2) is 0 Å². The van der Waals surface area contributed by atoms with E-state index >= 15 is 0 Å². The lowest BCUT2D eigenvalue weighted by atomic mass is 10.1. The van der Waals surface area contributed by atoms with Crippen LogP contribution in [0, 0.1) is 0 Å². The largest absolute Gasteiger partial charge is 0.313 e. The van der Waals surface area contributed by atoms with Crippen LogP contribution in [0.5, 0.6) is 0 Å². The van der Waals surface area contributed by atoms with Gasteiger partial charge in [0.25, 0.3) is 0 Å². The molecule has 0 saturated carbocycles. The van der Waals surface area contributed by atoms with Crippen molar-refractivity contribution in [3.63, 3.8) is 0 Å². The van der Waals surface area contributed by atoms with Gasteiger partial charge in [0.05, 0.1) is 5.69 Å². The molecule has 0 saturated heterocycles. The molecule has 1 aromatic rings. The summed E-state index contributed by atoms with van der Waals surface area (Å²) in [5.41, 5.74) is 1.16. The van der Waals surface area contributed by atoms with Crippen LogP contribution in [0.4, 0.5) is 0 Å². The van der Waals surface area contributed by atoms with Gasteiger partial charge in [0.2, 0.25) is 0 Å². The highest BCUT2D eigenvalue weighted by Crippen LogP contribution is 2.05. The van der Waals surface area contributed by atoms with Crippen LogP contribution in [0.1, 0.15) is 39.3 Å². The zero-order valence-corrected chi connectivity index (χ0v) is 12.0. The van der Waals surface area contributed by atoms with Crippen LogP contribution in [0.15, 0.2) is 24.4 Å². The van der Waals surface area contributed by atoms with Crippen LogP contribution in [0.25, 0.3) is 0 Å². The van der Waals surface area contributed by atoms with Gasteiger partial charge in [-0.05, 0) is 31.6 Å². The second kappa shape index (κ2) is 9.06. The van der Waals surface area contributed by atoms with Crippen molar-refractivity contribution in [3.8, 4) is 0 Å². The molecule has 3 heteroatoms. The van der Waals surface area contributed by atoms with Crippen molar-refractivity contribution in [3.05, 3.63) is 30.1 Å². The molecule has 0 spiro atoms. The molecule has 0 aliphatic heterocycles. The van der Waals surface area contributed by atoms with Gasteiger partial charge in [0.1, 0.15) is 0 Å². The Morgan fingerprint density at radius 2 is 2.11 bits per heavy atom. The summed E-state index contributed by atoms with van der Waals surface area (Å²) in [4.78, 5) is 6.87. The molecule has 1 atom stereocenters. The fraction of sp³-hybridized carbons (Fsp3) is 0.667. The first-order valence-corrected chi connectivity index (χ1v) is 7.15. The molecule has 1 aromatic heterocycles. The van der Waals surface area contributed by atoms with E-state index in [0.29, 0.717) is 6.04 Å². The van der Waals surface area contributed by atoms with Gasteiger partial charge in [0, 0.05) is 25.3 Å². The minimum Gasteiger partial charge on any atom is -0.313 e. The third-order valence-electron chi connectivity index (χ3n) is 3.17. The van der Waals surface area contributed by atoms with E-state index in [0.717, 1.165) is 31.9 Å². The van der Waals surface area contributed by atoms with Gasteiger partial charge in [-0.15, -0.1) is 0 Å². The van der Waals surface area contributed by atoms with E-state index in [1.807, 2.05) is 12.3 Å². The van der Waals surface area contributed by atoms with Crippen molar-refractivity contribution >= 4 is 0 Å². The minimum atomic E-state index is 0.601. The van der Waals surface area contributed by atoms with Crippen molar-refractivity contribution < 1.29 is 0 Å².